The Morgan fingerprint density at radius 1 is 1.23 bits per heavy atom. The number of aryl methyl sites for hydroxylation is 1. The van der Waals surface area contributed by atoms with Crippen molar-refractivity contribution in [2.75, 3.05) is 0 Å². The van der Waals surface area contributed by atoms with Gasteiger partial charge in [-0.15, -0.1) is 0 Å². The average Bonchev–Trinajstić information content (AvgIpc) is 2.99. The summed E-state index contributed by atoms with van der Waals surface area (Å²) in [4.78, 5) is 12.5. The summed E-state index contributed by atoms with van der Waals surface area (Å²) in [7, 11) is 0. The van der Waals surface area contributed by atoms with Crippen LogP contribution in [0.4, 0.5) is 4.39 Å². The number of hydrogen-bond acceptors (Lipinski definition) is 3. The van der Waals surface area contributed by atoms with Gasteiger partial charge in [-0.3, -0.25) is 4.79 Å². The van der Waals surface area contributed by atoms with Gasteiger partial charge in [0, 0.05) is 16.8 Å². The van der Waals surface area contributed by atoms with Crippen LogP contribution in [-0.4, -0.2) is 20.8 Å². The number of rotatable bonds is 4. The molecule has 1 heterocycles. The maximum absolute atomic E-state index is 13.5. The summed E-state index contributed by atoms with van der Waals surface area (Å²) < 4.78 is 15.1. The highest BCUT2D eigenvalue weighted by atomic mass is 19.1. The minimum atomic E-state index is -0.331. The zero-order chi connectivity index (χ0) is 18.8. The Labute approximate surface area is 151 Å². The van der Waals surface area contributed by atoms with Crippen molar-refractivity contribution in [1.29, 1.82) is 0 Å². The summed E-state index contributed by atoms with van der Waals surface area (Å²) >= 11 is 0. The fraction of sp³-hybridized carbons (Fsp3) is 0.200. The van der Waals surface area contributed by atoms with Crippen LogP contribution >= 0.6 is 0 Å². The third kappa shape index (κ3) is 3.44. The molecule has 2 N–H and O–H groups in total. The van der Waals surface area contributed by atoms with Gasteiger partial charge in [0.05, 0.1) is 17.9 Å². The summed E-state index contributed by atoms with van der Waals surface area (Å²) in [5.74, 6) is -0.414. The SMILES string of the molecule is Cc1cc(C(=O)NC(C)c2cnn(-c3cccc(F)c3)c2C)ccc1O. The molecule has 3 aromatic rings. The quantitative estimate of drug-likeness (QED) is 0.749. The van der Waals surface area contributed by atoms with E-state index < -0.39 is 0 Å². The van der Waals surface area contributed by atoms with Crippen molar-refractivity contribution in [3.63, 3.8) is 0 Å². The van der Waals surface area contributed by atoms with Gasteiger partial charge in [0.1, 0.15) is 11.6 Å². The van der Waals surface area contributed by atoms with E-state index in [1.165, 1.54) is 18.2 Å². The number of benzene rings is 2. The minimum absolute atomic E-state index is 0.154. The second-order valence-corrected chi connectivity index (χ2v) is 6.27. The molecule has 2 aromatic carbocycles. The first-order valence-corrected chi connectivity index (χ1v) is 8.27. The van der Waals surface area contributed by atoms with Crippen molar-refractivity contribution in [1.82, 2.24) is 15.1 Å². The number of aromatic nitrogens is 2. The molecule has 0 saturated carbocycles. The predicted octanol–water partition coefficient (Wildman–Crippen LogP) is 3.82. The number of amides is 1. The number of hydrogen-bond donors (Lipinski definition) is 2. The van der Waals surface area contributed by atoms with Gasteiger partial charge in [-0.05, 0) is 62.7 Å². The molecule has 26 heavy (non-hydrogen) atoms. The van der Waals surface area contributed by atoms with E-state index in [1.54, 1.807) is 42.1 Å². The van der Waals surface area contributed by atoms with Crippen LogP contribution in [0, 0.1) is 19.7 Å². The molecule has 0 saturated heterocycles. The van der Waals surface area contributed by atoms with Crippen molar-refractivity contribution in [2.45, 2.75) is 26.8 Å². The van der Waals surface area contributed by atoms with E-state index in [4.69, 9.17) is 0 Å². The molecule has 0 fully saturated rings. The minimum Gasteiger partial charge on any atom is -0.508 e. The highest BCUT2D eigenvalue weighted by Gasteiger charge is 2.17. The topological polar surface area (TPSA) is 67.2 Å². The number of nitrogens with one attached hydrogen (secondary N) is 1. The summed E-state index contributed by atoms with van der Waals surface area (Å²) in [5, 5.41) is 16.8. The largest absolute Gasteiger partial charge is 0.508 e. The van der Waals surface area contributed by atoms with Gasteiger partial charge in [-0.2, -0.15) is 5.10 Å². The molecule has 1 amide bonds. The molecule has 1 atom stereocenters. The van der Waals surface area contributed by atoms with Crippen LogP contribution in [0.3, 0.4) is 0 Å². The Morgan fingerprint density at radius 2 is 2.00 bits per heavy atom. The van der Waals surface area contributed by atoms with Crippen molar-refractivity contribution in [3.05, 3.63) is 76.9 Å². The molecule has 0 aliphatic heterocycles. The van der Waals surface area contributed by atoms with Gasteiger partial charge in [0.2, 0.25) is 0 Å². The van der Waals surface area contributed by atoms with Gasteiger partial charge in [-0.25, -0.2) is 9.07 Å². The highest BCUT2D eigenvalue weighted by molar-refractivity contribution is 5.94. The molecule has 1 aromatic heterocycles. The summed E-state index contributed by atoms with van der Waals surface area (Å²) in [6.45, 7) is 5.48. The molecule has 0 spiro atoms. The van der Waals surface area contributed by atoms with Crippen molar-refractivity contribution >= 4 is 5.91 Å². The Bertz CT molecular complexity index is 965. The Morgan fingerprint density at radius 3 is 2.69 bits per heavy atom. The van der Waals surface area contributed by atoms with Crippen molar-refractivity contribution in [2.24, 2.45) is 0 Å². The van der Waals surface area contributed by atoms with Gasteiger partial charge >= 0.3 is 0 Å². The lowest BCUT2D eigenvalue weighted by Crippen LogP contribution is -2.27. The van der Waals surface area contributed by atoms with Gasteiger partial charge in [0.25, 0.3) is 5.91 Å². The van der Waals surface area contributed by atoms with E-state index >= 15 is 0 Å². The first kappa shape index (κ1) is 17.7. The number of halogens is 1. The maximum atomic E-state index is 13.5. The first-order chi connectivity index (χ1) is 12.4. The van der Waals surface area contributed by atoms with Gasteiger partial charge < -0.3 is 10.4 Å². The average molecular weight is 353 g/mol. The number of carbonyl (C=O) groups excluding carboxylic acids is 1. The van der Waals surface area contributed by atoms with E-state index in [9.17, 15) is 14.3 Å². The van der Waals surface area contributed by atoms with E-state index in [1.807, 2.05) is 13.8 Å². The molecule has 3 rings (SSSR count). The monoisotopic (exact) mass is 353 g/mol. The van der Waals surface area contributed by atoms with Crippen LogP contribution in [0.1, 0.15) is 40.1 Å². The molecular weight excluding hydrogens is 333 g/mol. The van der Waals surface area contributed by atoms with Crippen molar-refractivity contribution < 1.29 is 14.3 Å². The maximum Gasteiger partial charge on any atom is 0.251 e. The lowest BCUT2D eigenvalue weighted by atomic mass is 10.1. The zero-order valence-corrected chi connectivity index (χ0v) is 14.8. The van der Waals surface area contributed by atoms with Crippen LogP contribution < -0.4 is 5.32 Å². The number of nitrogens with zero attached hydrogens (tertiary/aromatic N) is 2. The predicted molar refractivity (Wildman–Crippen MR) is 97.0 cm³/mol. The summed E-state index contributed by atoms with van der Waals surface area (Å²) in [6.07, 6.45) is 1.67. The zero-order valence-electron chi connectivity index (χ0n) is 14.8. The number of carbonyl (C=O) groups is 1. The Kier molecular flexibility index (Phi) is 4.75. The molecule has 0 bridgehead atoms. The molecule has 0 radical (unpaired) electrons. The molecule has 134 valence electrons. The van der Waals surface area contributed by atoms with Crippen molar-refractivity contribution in [3.8, 4) is 11.4 Å². The molecule has 0 aliphatic rings. The Balaban J connectivity index is 1.81. The molecule has 5 nitrogen and oxygen atoms in total. The van der Waals surface area contributed by atoms with E-state index in [-0.39, 0.29) is 23.5 Å². The fourth-order valence-corrected chi connectivity index (χ4v) is 2.87. The smallest absolute Gasteiger partial charge is 0.251 e. The summed E-state index contributed by atoms with van der Waals surface area (Å²) in [6, 6.07) is 10.6. The summed E-state index contributed by atoms with van der Waals surface area (Å²) in [5.41, 5.74) is 3.41. The number of phenols is 1. The third-order valence-electron chi connectivity index (χ3n) is 4.37. The second kappa shape index (κ2) is 7.00. The highest BCUT2D eigenvalue weighted by Crippen LogP contribution is 2.22. The number of aromatic hydroxyl groups is 1. The number of phenolic OH excluding ortho intramolecular Hbond substituents is 1. The third-order valence-corrected chi connectivity index (χ3v) is 4.37. The van der Waals surface area contributed by atoms with Gasteiger partial charge in [-0.1, -0.05) is 6.07 Å². The molecule has 1 unspecified atom stereocenters. The molecule has 6 heteroatoms. The standard InChI is InChI=1S/C20H20FN3O2/c1-12-9-15(7-8-19(12)25)20(26)23-13(2)18-11-22-24(14(18)3)17-6-4-5-16(21)10-17/h4-11,13,25H,1-3H3,(H,23,26). The van der Waals surface area contributed by atoms with Crippen LogP contribution in [0.5, 0.6) is 5.75 Å². The van der Waals surface area contributed by atoms with Crippen LogP contribution in [0.2, 0.25) is 0 Å². The fourth-order valence-electron chi connectivity index (χ4n) is 2.87. The normalized spacial score (nSPS) is 12.0. The van der Waals surface area contributed by atoms with Gasteiger partial charge in [0.15, 0.2) is 0 Å². The van der Waals surface area contributed by atoms with Crippen LogP contribution in [0.15, 0.2) is 48.7 Å². The second-order valence-electron chi connectivity index (χ2n) is 6.27. The molecular formula is C20H20FN3O2. The van der Waals surface area contributed by atoms with Crippen LogP contribution in [-0.2, 0) is 0 Å². The lowest BCUT2D eigenvalue weighted by Gasteiger charge is -2.15. The van der Waals surface area contributed by atoms with E-state index in [0.717, 1.165) is 11.3 Å². The van der Waals surface area contributed by atoms with E-state index in [2.05, 4.69) is 10.4 Å². The first-order valence-electron chi connectivity index (χ1n) is 8.27. The molecule has 0 aliphatic carbocycles. The lowest BCUT2D eigenvalue weighted by molar-refractivity contribution is 0.0939. The Hall–Kier alpha value is -3.15. The van der Waals surface area contributed by atoms with Crippen LogP contribution in [0.25, 0.3) is 5.69 Å². The van der Waals surface area contributed by atoms with E-state index in [0.29, 0.717) is 16.8 Å².